The van der Waals surface area contributed by atoms with Crippen molar-refractivity contribution in [2.24, 2.45) is 11.8 Å². The predicted molar refractivity (Wildman–Crippen MR) is 135 cm³/mol. The Kier molecular flexibility index (Phi) is 8.36. The molecule has 3 aliphatic heterocycles. The van der Waals surface area contributed by atoms with Crippen molar-refractivity contribution in [2.45, 2.75) is 38.9 Å². The van der Waals surface area contributed by atoms with Gasteiger partial charge >= 0.3 is 0 Å². The third kappa shape index (κ3) is 6.75. The number of nitrogens with zero attached hydrogens (tertiary/aromatic N) is 3. The van der Waals surface area contributed by atoms with Gasteiger partial charge in [-0.05, 0) is 66.5 Å². The molecule has 194 valence electrons. The van der Waals surface area contributed by atoms with Crippen LogP contribution in [0.1, 0.15) is 30.9 Å². The lowest BCUT2D eigenvalue weighted by molar-refractivity contribution is -0.133. The Morgan fingerprint density at radius 2 is 1.86 bits per heavy atom. The van der Waals surface area contributed by atoms with Crippen LogP contribution in [0.2, 0.25) is 0 Å². The highest BCUT2D eigenvalue weighted by atomic mass is 16.7. The third-order valence-corrected chi connectivity index (χ3v) is 7.24. The molecule has 8 heteroatoms. The molecule has 0 spiro atoms. The van der Waals surface area contributed by atoms with Crippen molar-refractivity contribution in [3.05, 3.63) is 53.9 Å². The van der Waals surface area contributed by atoms with Crippen molar-refractivity contribution in [1.29, 1.82) is 0 Å². The number of carbonyl (C=O) groups excluding carboxylic acids is 1. The van der Waals surface area contributed by atoms with E-state index in [2.05, 4.69) is 28.9 Å². The summed E-state index contributed by atoms with van der Waals surface area (Å²) in [5, 5.41) is 0. The number of hydrogen-bond donors (Lipinski definition) is 0. The molecule has 36 heavy (non-hydrogen) atoms. The molecule has 0 bridgehead atoms. The quantitative estimate of drug-likeness (QED) is 0.529. The molecule has 2 fully saturated rings. The lowest BCUT2D eigenvalue weighted by atomic mass is 9.99. The van der Waals surface area contributed by atoms with Crippen molar-refractivity contribution in [2.75, 3.05) is 52.7 Å². The molecule has 2 atom stereocenters. The zero-order valence-corrected chi connectivity index (χ0v) is 21.1. The Bertz CT molecular complexity index is 998. The molecule has 4 heterocycles. The van der Waals surface area contributed by atoms with E-state index in [4.69, 9.17) is 18.9 Å². The van der Waals surface area contributed by atoms with Crippen LogP contribution in [0.15, 0.2) is 42.7 Å². The van der Waals surface area contributed by atoms with E-state index < -0.39 is 0 Å². The molecule has 8 nitrogen and oxygen atoms in total. The number of pyridine rings is 1. The summed E-state index contributed by atoms with van der Waals surface area (Å²) < 4.78 is 22.9. The van der Waals surface area contributed by atoms with E-state index in [0.717, 1.165) is 69.2 Å². The highest BCUT2D eigenvalue weighted by Gasteiger charge is 2.31. The number of ether oxygens (including phenoxy) is 4. The van der Waals surface area contributed by atoms with Crippen LogP contribution >= 0.6 is 0 Å². The molecule has 5 rings (SSSR count). The highest BCUT2D eigenvalue weighted by Crippen LogP contribution is 2.33. The summed E-state index contributed by atoms with van der Waals surface area (Å²) in [6.45, 7) is 8.06. The summed E-state index contributed by atoms with van der Waals surface area (Å²) in [6.07, 6.45) is 6.48. The van der Waals surface area contributed by atoms with Gasteiger partial charge in [0.2, 0.25) is 12.7 Å². The maximum atomic E-state index is 13.3. The minimum Gasteiger partial charge on any atom is -0.454 e. The van der Waals surface area contributed by atoms with E-state index in [0.29, 0.717) is 31.5 Å². The van der Waals surface area contributed by atoms with Crippen molar-refractivity contribution < 1.29 is 23.7 Å². The number of carbonyl (C=O) groups is 1. The van der Waals surface area contributed by atoms with Crippen molar-refractivity contribution >= 4 is 5.91 Å². The maximum Gasteiger partial charge on any atom is 0.236 e. The molecule has 0 saturated carbocycles. The van der Waals surface area contributed by atoms with Gasteiger partial charge < -0.3 is 23.8 Å². The zero-order chi connectivity index (χ0) is 24.7. The van der Waals surface area contributed by atoms with Gasteiger partial charge in [-0.3, -0.25) is 14.7 Å². The van der Waals surface area contributed by atoms with Gasteiger partial charge in [0, 0.05) is 51.8 Å². The van der Waals surface area contributed by atoms with E-state index >= 15 is 0 Å². The summed E-state index contributed by atoms with van der Waals surface area (Å²) in [5.74, 6) is 2.70. The Labute approximate surface area is 213 Å². The second kappa shape index (κ2) is 12.0. The van der Waals surface area contributed by atoms with Crippen LogP contribution < -0.4 is 9.47 Å². The topological polar surface area (TPSA) is 73.4 Å². The van der Waals surface area contributed by atoms with Crippen molar-refractivity contribution in [3.8, 4) is 11.5 Å². The van der Waals surface area contributed by atoms with Crippen molar-refractivity contribution in [1.82, 2.24) is 14.8 Å². The standard InChI is InChI=1S/C28H37N3O5/c1-21(12-24-2-3-26-27(13-24)36-20-35-26)14-30-16-25(34-19-23-4-8-29-9-5-23)17-31(28(32)18-30)15-22-6-10-33-11-7-22/h2-5,8-9,13,21-22,25H,6-7,10-12,14-20H2,1H3/t21-,25+/m0/s1. The van der Waals surface area contributed by atoms with Gasteiger partial charge in [-0.15, -0.1) is 0 Å². The number of hydrogen-bond acceptors (Lipinski definition) is 7. The van der Waals surface area contributed by atoms with Crippen LogP contribution in [-0.4, -0.2) is 79.5 Å². The first-order valence-corrected chi connectivity index (χ1v) is 13.1. The smallest absolute Gasteiger partial charge is 0.236 e. The largest absolute Gasteiger partial charge is 0.454 e. The van der Waals surface area contributed by atoms with Gasteiger partial charge in [0.05, 0.1) is 19.3 Å². The van der Waals surface area contributed by atoms with Crippen LogP contribution in [0.3, 0.4) is 0 Å². The molecular weight excluding hydrogens is 458 g/mol. The second-order valence-electron chi connectivity index (χ2n) is 10.3. The Balaban J connectivity index is 1.22. The molecule has 1 aromatic heterocycles. The van der Waals surface area contributed by atoms with Crippen LogP contribution in [-0.2, 0) is 27.3 Å². The summed E-state index contributed by atoms with van der Waals surface area (Å²) in [7, 11) is 0. The van der Waals surface area contributed by atoms with Gasteiger partial charge in [-0.1, -0.05) is 13.0 Å². The second-order valence-corrected chi connectivity index (χ2v) is 10.3. The lowest BCUT2D eigenvalue weighted by Crippen LogP contribution is -2.42. The fourth-order valence-electron chi connectivity index (χ4n) is 5.38. The summed E-state index contributed by atoms with van der Waals surface area (Å²) in [6, 6.07) is 10.1. The fourth-order valence-corrected chi connectivity index (χ4v) is 5.38. The number of aromatic nitrogens is 1. The van der Waals surface area contributed by atoms with Gasteiger partial charge in [0.25, 0.3) is 0 Å². The summed E-state index contributed by atoms with van der Waals surface area (Å²) >= 11 is 0. The number of benzene rings is 1. The fraction of sp³-hybridized carbons (Fsp3) is 0.571. The summed E-state index contributed by atoms with van der Waals surface area (Å²) in [4.78, 5) is 21.8. The highest BCUT2D eigenvalue weighted by molar-refractivity contribution is 5.78. The molecule has 0 N–H and O–H groups in total. The van der Waals surface area contributed by atoms with E-state index in [1.165, 1.54) is 5.56 Å². The van der Waals surface area contributed by atoms with E-state index in [9.17, 15) is 4.79 Å². The normalized spacial score (nSPS) is 22.0. The molecule has 3 aliphatic rings. The molecule has 1 amide bonds. The molecule has 0 radical (unpaired) electrons. The van der Waals surface area contributed by atoms with Gasteiger partial charge in [-0.2, -0.15) is 0 Å². The monoisotopic (exact) mass is 495 g/mol. The predicted octanol–water partition coefficient (Wildman–Crippen LogP) is 3.15. The van der Waals surface area contributed by atoms with Gasteiger partial charge in [-0.25, -0.2) is 0 Å². The van der Waals surface area contributed by atoms with Crippen LogP contribution in [0, 0.1) is 11.8 Å². The average molecular weight is 496 g/mol. The maximum absolute atomic E-state index is 13.3. The molecule has 0 unspecified atom stereocenters. The SMILES string of the molecule is C[C@@H](Cc1ccc2c(c1)OCO2)CN1CC(=O)N(CC2CCOCC2)C[C@H](OCc2ccncc2)C1. The first-order valence-electron chi connectivity index (χ1n) is 13.1. The van der Waals surface area contributed by atoms with Crippen molar-refractivity contribution in [3.63, 3.8) is 0 Å². The summed E-state index contributed by atoms with van der Waals surface area (Å²) in [5.41, 5.74) is 2.32. The van der Waals surface area contributed by atoms with Gasteiger partial charge in [0.1, 0.15) is 0 Å². The number of fused-ring (bicyclic) bond motifs is 1. The van der Waals surface area contributed by atoms with Gasteiger partial charge in [0.15, 0.2) is 11.5 Å². The Morgan fingerprint density at radius 3 is 2.69 bits per heavy atom. The Hall–Kier alpha value is -2.68. The molecular formula is C28H37N3O5. The zero-order valence-electron chi connectivity index (χ0n) is 21.1. The van der Waals surface area contributed by atoms with E-state index in [1.54, 1.807) is 12.4 Å². The third-order valence-electron chi connectivity index (χ3n) is 7.24. The first kappa shape index (κ1) is 25.0. The van der Waals surface area contributed by atoms with Crippen LogP contribution in [0.5, 0.6) is 11.5 Å². The molecule has 1 aromatic carbocycles. The van der Waals surface area contributed by atoms with Crippen LogP contribution in [0.4, 0.5) is 0 Å². The first-order chi connectivity index (χ1) is 17.6. The van der Waals surface area contributed by atoms with Crippen LogP contribution in [0.25, 0.3) is 0 Å². The van der Waals surface area contributed by atoms with E-state index in [1.807, 2.05) is 23.1 Å². The lowest BCUT2D eigenvalue weighted by Gasteiger charge is -2.30. The molecule has 2 aromatic rings. The van der Waals surface area contributed by atoms with E-state index in [-0.39, 0.29) is 18.8 Å². The number of rotatable bonds is 9. The average Bonchev–Trinajstić information content (AvgIpc) is 3.30. The molecule has 2 saturated heterocycles. The molecule has 0 aliphatic carbocycles. The minimum absolute atomic E-state index is 0.0396. The number of amides is 1. The minimum atomic E-state index is -0.0396. The Morgan fingerprint density at radius 1 is 1.06 bits per heavy atom.